The molecule has 0 saturated carbocycles. The van der Waals surface area contributed by atoms with Crippen molar-refractivity contribution < 1.29 is 14.3 Å². The Hall–Kier alpha value is -2.67. The minimum Gasteiger partial charge on any atom is -0.495 e. The Morgan fingerprint density at radius 1 is 1.25 bits per heavy atom. The van der Waals surface area contributed by atoms with Crippen LogP contribution < -0.4 is 15.4 Å². The minimum atomic E-state index is -0.243. The molecule has 1 heterocycles. The average molecular weight is 330 g/mol. The molecule has 24 heavy (non-hydrogen) atoms. The largest absolute Gasteiger partial charge is 0.495 e. The zero-order valence-electron chi connectivity index (χ0n) is 14.1. The summed E-state index contributed by atoms with van der Waals surface area (Å²) in [6, 6.07) is 7.32. The third kappa shape index (κ3) is 4.92. The van der Waals surface area contributed by atoms with Crippen molar-refractivity contribution in [3.63, 3.8) is 0 Å². The maximum absolute atomic E-state index is 12.1. The van der Waals surface area contributed by atoms with Crippen molar-refractivity contribution in [3.05, 3.63) is 41.7 Å². The van der Waals surface area contributed by atoms with E-state index < -0.39 is 0 Å². The van der Waals surface area contributed by atoms with Crippen LogP contribution in [0.1, 0.15) is 22.5 Å². The molecule has 0 saturated heterocycles. The molecule has 1 amide bonds. The fourth-order valence-electron chi connectivity index (χ4n) is 2.09. The number of nitrogens with one attached hydrogen (secondary N) is 2. The van der Waals surface area contributed by atoms with Crippen LogP contribution in [0, 0.1) is 6.92 Å². The highest BCUT2D eigenvalue weighted by Gasteiger charge is 2.10. The quantitative estimate of drug-likeness (QED) is 0.723. The molecule has 1 aromatic carbocycles. The molecule has 0 bridgehead atoms. The van der Waals surface area contributed by atoms with Crippen molar-refractivity contribution in [1.29, 1.82) is 0 Å². The molecule has 0 aliphatic carbocycles. The van der Waals surface area contributed by atoms with E-state index in [4.69, 9.17) is 9.47 Å². The predicted molar refractivity (Wildman–Crippen MR) is 91.9 cm³/mol. The lowest BCUT2D eigenvalue weighted by molar-refractivity contribution is 0.0943. The van der Waals surface area contributed by atoms with Gasteiger partial charge in [0.2, 0.25) is 5.95 Å². The van der Waals surface area contributed by atoms with Gasteiger partial charge in [-0.15, -0.1) is 0 Å². The van der Waals surface area contributed by atoms with Gasteiger partial charge in [0.25, 0.3) is 5.91 Å². The van der Waals surface area contributed by atoms with Crippen LogP contribution in [0.5, 0.6) is 5.75 Å². The molecule has 0 spiro atoms. The second kappa shape index (κ2) is 8.83. The standard InChI is InChI=1S/C17H22N4O3/c1-12-5-6-15(24-3)14(11-12)21-17-19-9-7-13(20-17)16(22)18-8-4-10-23-2/h5-7,9,11H,4,8,10H2,1-3H3,(H,18,22)(H,19,20,21). The van der Waals surface area contributed by atoms with E-state index >= 15 is 0 Å². The number of ether oxygens (including phenoxy) is 2. The monoisotopic (exact) mass is 330 g/mol. The summed E-state index contributed by atoms with van der Waals surface area (Å²) < 4.78 is 10.3. The highest BCUT2D eigenvalue weighted by atomic mass is 16.5. The van der Waals surface area contributed by atoms with Crippen molar-refractivity contribution in [2.45, 2.75) is 13.3 Å². The first-order chi connectivity index (χ1) is 11.6. The molecule has 0 unspecified atom stereocenters. The van der Waals surface area contributed by atoms with Crippen LogP contribution in [0.25, 0.3) is 0 Å². The number of aryl methyl sites for hydroxylation is 1. The first-order valence-corrected chi connectivity index (χ1v) is 7.66. The molecule has 0 aliphatic heterocycles. The fraction of sp³-hybridized carbons (Fsp3) is 0.353. The second-order valence-corrected chi connectivity index (χ2v) is 5.20. The van der Waals surface area contributed by atoms with Gasteiger partial charge in [-0.3, -0.25) is 4.79 Å². The number of benzene rings is 1. The Bertz CT molecular complexity index is 691. The lowest BCUT2D eigenvalue weighted by Crippen LogP contribution is -2.26. The Balaban J connectivity index is 2.07. The van der Waals surface area contributed by atoms with Crippen molar-refractivity contribution in [1.82, 2.24) is 15.3 Å². The van der Waals surface area contributed by atoms with Crippen LogP contribution in [-0.2, 0) is 4.74 Å². The number of aromatic nitrogens is 2. The van der Waals surface area contributed by atoms with Gasteiger partial charge >= 0.3 is 0 Å². The van der Waals surface area contributed by atoms with E-state index in [1.165, 1.54) is 0 Å². The molecule has 1 aromatic heterocycles. The van der Waals surface area contributed by atoms with Crippen LogP contribution in [0.2, 0.25) is 0 Å². The van der Waals surface area contributed by atoms with Crippen LogP contribution >= 0.6 is 0 Å². The summed E-state index contributed by atoms with van der Waals surface area (Å²) in [5, 5.41) is 5.88. The lowest BCUT2D eigenvalue weighted by atomic mass is 10.2. The van der Waals surface area contributed by atoms with Gasteiger partial charge in [0.05, 0.1) is 12.8 Å². The summed E-state index contributed by atoms with van der Waals surface area (Å²) in [5.41, 5.74) is 2.12. The van der Waals surface area contributed by atoms with Gasteiger partial charge in [-0.1, -0.05) is 6.07 Å². The van der Waals surface area contributed by atoms with Crippen LogP contribution in [0.3, 0.4) is 0 Å². The van der Waals surface area contributed by atoms with E-state index in [0.717, 1.165) is 17.7 Å². The Morgan fingerprint density at radius 2 is 2.08 bits per heavy atom. The number of carbonyl (C=O) groups is 1. The lowest BCUT2D eigenvalue weighted by Gasteiger charge is -2.11. The van der Waals surface area contributed by atoms with E-state index in [1.807, 2.05) is 25.1 Å². The number of nitrogens with zero attached hydrogens (tertiary/aromatic N) is 2. The van der Waals surface area contributed by atoms with E-state index in [9.17, 15) is 4.79 Å². The SMILES string of the molecule is COCCCNC(=O)c1ccnc(Nc2cc(C)ccc2OC)n1. The molecular formula is C17H22N4O3. The molecule has 2 rings (SSSR count). The first-order valence-electron chi connectivity index (χ1n) is 7.66. The van der Waals surface area contributed by atoms with E-state index in [0.29, 0.717) is 30.5 Å². The summed E-state index contributed by atoms with van der Waals surface area (Å²) in [6.07, 6.45) is 2.29. The average Bonchev–Trinajstić information content (AvgIpc) is 2.59. The molecule has 7 heteroatoms. The Kier molecular flexibility index (Phi) is 6.51. The molecule has 0 fully saturated rings. The number of hydrogen-bond donors (Lipinski definition) is 2. The summed E-state index contributed by atoms with van der Waals surface area (Å²) in [7, 11) is 3.23. The zero-order chi connectivity index (χ0) is 17.4. The minimum absolute atomic E-state index is 0.243. The third-order valence-electron chi connectivity index (χ3n) is 3.30. The van der Waals surface area contributed by atoms with Gasteiger partial charge in [0.1, 0.15) is 11.4 Å². The van der Waals surface area contributed by atoms with Gasteiger partial charge in [-0.2, -0.15) is 0 Å². The first kappa shape index (κ1) is 17.7. The Morgan fingerprint density at radius 3 is 2.83 bits per heavy atom. The highest BCUT2D eigenvalue weighted by molar-refractivity contribution is 5.92. The van der Waals surface area contributed by atoms with Gasteiger partial charge in [-0.05, 0) is 37.1 Å². The molecule has 2 aromatic rings. The van der Waals surface area contributed by atoms with E-state index in [1.54, 1.807) is 26.5 Å². The van der Waals surface area contributed by atoms with Gasteiger partial charge in [-0.25, -0.2) is 9.97 Å². The molecule has 0 aliphatic rings. The highest BCUT2D eigenvalue weighted by Crippen LogP contribution is 2.27. The maximum Gasteiger partial charge on any atom is 0.270 e. The van der Waals surface area contributed by atoms with Gasteiger partial charge in [0, 0.05) is 26.5 Å². The number of rotatable bonds is 8. The molecule has 7 nitrogen and oxygen atoms in total. The number of hydrogen-bond acceptors (Lipinski definition) is 6. The van der Waals surface area contributed by atoms with Gasteiger partial charge in [0.15, 0.2) is 0 Å². The van der Waals surface area contributed by atoms with Crippen molar-refractivity contribution >= 4 is 17.5 Å². The maximum atomic E-state index is 12.1. The predicted octanol–water partition coefficient (Wildman–Crippen LogP) is 2.30. The summed E-state index contributed by atoms with van der Waals surface area (Å²) in [4.78, 5) is 20.5. The molecule has 2 N–H and O–H groups in total. The third-order valence-corrected chi connectivity index (χ3v) is 3.30. The van der Waals surface area contributed by atoms with Crippen LogP contribution in [0.15, 0.2) is 30.5 Å². The van der Waals surface area contributed by atoms with E-state index in [-0.39, 0.29) is 5.91 Å². The van der Waals surface area contributed by atoms with Crippen LogP contribution in [-0.4, -0.2) is 43.2 Å². The van der Waals surface area contributed by atoms with Crippen molar-refractivity contribution in [3.8, 4) is 5.75 Å². The summed E-state index contributed by atoms with van der Waals surface area (Å²) in [5.74, 6) is 0.773. The second-order valence-electron chi connectivity index (χ2n) is 5.20. The molecule has 0 atom stereocenters. The molecular weight excluding hydrogens is 308 g/mol. The summed E-state index contributed by atoms with van der Waals surface area (Å²) >= 11 is 0. The zero-order valence-corrected chi connectivity index (χ0v) is 14.1. The molecule has 0 radical (unpaired) electrons. The number of amides is 1. The van der Waals surface area contributed by atoms with Crippen LogP contribution in [0.4, 0.5) is 11.6 Å². The smallest absolute Gasteiger partial charge is 0.270 e. The van der Waals surface area contributed by atoms with Gasteiger partial charge < -0.3 is 20.1 Å². The van der Waals surface area contributed by atoms with Crippen molar-refractivity contribution in [2.24, 2.45) is 0 Å². The topological polar surface area (TPSA) is 85.4 Å². The Labute approximate surface area is 141 Å². The van der Waals surface area contributed by atoms with Crippen molar-refractivity contribution in [2.75, 3.05) is 32.7 Å². The fourth-order valence-corrected chi connectivity index (χ4v) is 2.09. The number of anilines is 2. The normalized spacial score (nSPS) is 10.3. The molecule has 128 valence electrons. The van der Waals surface area contributed by atoms with E-state index in [2.05, 4.69) is 20.6 Å². The number of carbonyl (C=O) groups excluding carboxylic acids is 1. The summed E-state index contributed by atoms with van der Waals surface area (Å²) in [6.45, 7) is 3.12. The number of methoxy groups -OCH3 is 2.